The highest BCUT2D eigenvalue weighted by molar-refractivity contribution is 6.41. The van der Waals surface area contributed by atoms with Crippen LogP contribution in [0, 0.1) is 5.82 Å². The molecule has 0 saturated carbocycles. The van der Waals surface area contributed by atoms with E-state index >= 15 is 0 Å². The van der Waals surface area contributed by atoms with Crippen molar-refractivity contribution in [3.05, 3.63) is 74.6 Å². The van der Waals surface area contributed by atoms with Crippen LogP contribution in [0.1, 0.15) is 38.4 Å². The van der Waals surface area contributed by atoms with Crippen molar-refractivity contribution in [2.75, 3.05) is 6.61 Å². The predicted molar refractivity (Wildman–Crippen MR) is 104 cm³/mol. The maximum Gasteiger partial charge on any atom is 0.335 e. The number of hydrogen-bond donors (Lipinski definition) is 1. The molecule has 0 spiro atoms. The van der Waals surface area contributed by atoms with E-state index in [4.69, 9.17) is 33.0 Å². The monoisotopic (exact) mass is 434 g/mol. The molecular formula is C20H13Cl2FN2O4. The SMILES string of the molecule is O=C(O)c1ccc(-n2nc(C(=O)c3c(Cl)cccc3Cl)c3c2OCCC3)c(F)c1. The summed E-state index contributed by atoms with van der Waals surface area (Å²) >= 11 is 12.3. The number of carboxylic acids is 1. The molecule has 0 fully saturated rings. The number of halogens is 3. The number of carboxylic acid groups (broad SMARTS) is 1. The third-order valence-electron chi connectivity index (χ3n) is 4.57. The van der Waals surface area contributed by atoms with E-state index in [0.717, 1.165) is 6.07 Å². The average Bonchev–Trinajstić information content (AvgIpc) is 3.07. The summed E-state index contributed by atoms with van der Waals surface area (Å²) < 4.78 is 21.5. The second-order valence-electron chi connectivity index (χ2n) is 6.39. The van der Waals surface area contributed by atoms with Gasteiger partial charge in [-0.1, -0.05) is 29.3 Å². The molecule has 2 heterocycles. The molecule has 148 valence electrons. The summed E-state index contributed by atoms with van der Waals surface area (Å²) in [5.41, 5.74) is 0.468. The Bertz CT molecular complexity index is 1140. The van der Waals surface area contributed by atoms with Gasteiger partial charge in [-0.05, 0) is 43.2 Å². The van der Waals surface area contributed by atoms with Crippen LogP contribution in [0.5, 0.6) is 5.88 Å². The molecule has 3 aromatic rings. The normalized spacial score (nSPS) is 12.9. The standard InChI is InChI=1S/C20H13Cl2FN2O4/c21-12-4-1-5-13(22)16(12)18(26)17-11-3-2-8-29-19(11)25(24-17)15-7-6-10(20(27)28)9-14(15)23/h1,4-7,9H,2-3,8H2,(H,27,28). The molecule has 9 heteroatoms. The van der Waals surface area contributed by atoms with Crippen molar-refractivity contribution in [2.45, 2.75) is 12.8 Å². The van der Waals surface area contributed by atoms with Crippen molar-refractivity contribution >= 4 is 35.0 Å². The van der Waals surface area contributed by atoms with Gasteiger partial charge in [0.05, 0.1) is 27.8 Å². The van der Waals surface area contributed by atoms with E-state index in [1.54, 1.807) is 18.2 Å². The van der Waals surface area contributed by atoms with E-state index in [0.29, 0.717) is 25.0 Å². The predicted octanol–water partition coefficient (Wildman–Crippen LogP) is 4.57. The molecule has 29 heavy (non-hydrogen) atoms. The van der Waals surface area contributed by atoms with Crippen LogP contribution in [0.4, 0.5) is 4.39 Å². The van der Waals surface area contributed by atoms with Crippen molar-refractivity contribution in [3.63, 3.8) is 0 Å². The number of carbonyl (C=O) groups is 2. The second-order valence-corrected chi connectivity index (χ2v) is 7.21. The van der Waals surface area contributed by atoms with Crippen LogP contribution < -0.4 is 4.74 Å². The van der Waals surface area contributed by atoms with Crippen LogP contribution in [-0.4, -0.2) is 33.2 Å². The number of ether oxygens (including phenoxy) is 1. The maximum atomic E-state index is 14.6. The Morgan fingerprint density at radius 3 is 2.55 bits per heavy atom. The lowest BCUT2D eigenvalue weighted by molar-refractivity contribution is 0.0696. The van der Waals surface area contributed by atoms with Gasteiger partial charge in [-0.15, -0.1) is 0 Å². The first kappa shape index (κ1) is 19.4. The van der Waals surface area contributed by atoms with Crippen molar-refractivity contribution in [1.29, 1.82) is 0 Å². The highest BCUT2D eigenvalue weighted by Gasteiger charge is 2.30. The maximum absolute atomic E-state index is 14.6. The Hall–Kier alpha value is -2.90. The first-order valence-corrected chi connectivity index (χ1v) is 9.40. The molecule has 0 radical (unpaired) electrons. The number of aromatic nitrogens is 2. The summed E-state index contributed by atoms with van der Waals surface area (Å²) in [5, 5.41) is 13.7. The zero-order valence-corrected chi connectivity index (χ0v) is 16.3. The van der Waals surface area contributed by atoms with E-state index in [1.165, 1.54) is 16.8 Å². The molecule has 1 aromatic heterocycles. The first-order chi connectivity index (χ1) is 13.9. The summed E-state index contributed by atoms with van der Waals surface area (Å²) in [6.45, 7) is 0.383. The smallest absolute Gasteiger partial charge is 0.335 e. The van der Waals surface area contributed by atoms with Crippen LogP contribution >= 0.6 is 23.2 Å². The molecule has 0 unspecified atom stereocenters. The molecular weight excluding hydrogens is 422 g/mol. The summed E-state index contributed by atoms with van der Waals surface area (Å²) in [6, 6.07) is 8.14. The minimum absolute atomic E-state index is 0.0301. The highest BCUT2D eigenvalue weighted by atomic mass is 35.5. The number of benzene rings is 2. The zero-order valence-electron chi connectivity index (χ0n) is 14.8. The second kappa shape index (κ2) is 7.50. The van der Waals surface area contributed by atoms with E-state index in [9.17, 15) is 14.0 Å². The Morgan fingerprint density at radius 2 is 1.90 bits per heavy atom. The summed E-state index contributed by atoms with van der Waals surface area (Å²) in [6.07, 6.45) is 1.17. The number of ketones is 1. The number of carbonyl (C=O) groups excluding carboxylic acids is 1. The Morgan fingerprint density at radius 1 is 1.17 bits per heavy atom. The molecule has 2 aromatic carbocycles. The van der Waals surface area contributed by atoms with Gasteiger partial charge in [0, 0.05) is 5.56 Å². The van der Waals surface area contributed by atoms with Crippen LogP contribution in [0.3, 0.4) is 0 Å². The molecule has 0 saturated heterocycles. The minimum Gasteiger partial charge on any atom is -0.478 e. The van der Waals surface area contributed by atoms with Gasteiger partial charge in [-0.25, -0.2) is 9.18 Å². The first-order valence-electron chi connectivity index (χ1n) is 8.65. The lowest BCUT2D eigenvalue weighted by atomic mass is 10.0. The molecule has 1 N–H and O–H groups in total. The van der Waals surface area contributed by atoms with Gasteiger partial charge in [-0.2, -0.15) is 9.78 Å². The number of rotatable bonds is 4. The Labute approximate surface area is 174 Å². The molecule has 6 nitrogen and oxygen atoms in total. The zero-order chi connectivity index (χ0) is 20.7. The van der Waals surface area contributed by atoms with E-state index in [2.05, 4.69) is 5.10 Å². The largest absolute Gasteiger partial charge is 0.478 e. The Kier molecular flexibility index (Phi) is 5.02. The summed E-state index contributed by atoms with van der Waals surface area (Å²) in [5.74, 6) is -2.31. The third-order valence-corrected chi connectivity index (χ3v) is 5.20. The van der Waals surface area contributed by atoms with Crippen molar-refractivity contribution < 1.29 is 23.8 Å². The fourth-order valence-electron chi connectivity index (χ4n) is 3.22. The van der Waals surface area contributed by atoms with E-state index in [1.807, 2.05) is 0 Å². The molecule has 4 rings (SSSR count). The lowest BCUT2D eigenvalue weighted by Crippen LogP contribution is -2.12. The molecule has 0 amide bonds. The lowest BCUT2D eigenvalue weighted by Gasteiger charge is -2.16. The van der Waals surface area contributed by atoms with Crippen LogP contribution in [0.15, 0.2) is 36.4 Å². The fourth-order valence-corrected chi connectivity index (χ4v) is 3.79. The van der Waals surface area contributed by atoms with Gasteiger partial charge in [0.25, 0.3) is 0 Å². The van der Waals surface area contributed by atoms with Crippen LogP contribution in [-0.2, 0) is 6.42 Å². The van der Waals surface area contributed by atoms with Crippen LogP contribution in [0.25, 0.3) is 5.69 Å². The average molecular weight is 435 g/mol. The summed E-state index contributed by atoms with van der Waals surface area (Å²) in [7, 11) is 0. The van der Waals surface area contributed by atoms with E-state index < -0.39 is 17.6 Å². The third kappa shape index (κ3) is 3.36. The fraction of sp³-hybridized carbons (Fsp3) is 0.150. The molecule has 0 bridgehead atoms. The van der Waals surface area contributed by atoms with Gasteiger partial charge in [0.15, 0.2) is 0 Å². The number of nitrogens with zero attached hydrogens (tertiary/aromatic N) is 2. The Balaban J connectivity index is 1.88. The van der Waals surface area contributed by atoms with E-state index in [-0.39, 0.29) is 38.4 Å². The molecule has 1 aliphatic heterocycles. The van der Waals surface area contributed by atoms with Crippen LogP contribution in [0.2, 0.25) is 10.0 Å². The highest BCUT2D eigenvalue weighted by Crippen LogP contribution is 2.35. The van der Waals surface area contributed by atoms with Crippen molar-refractivity contribution in [1.82, 2.24) is 9.78 Å². The van der Waals surface area contributed by atoms with Gasteiger partial charge in [0.1, 0.15) is 17.2 Å². The quantitative estimate of drug-likeness (QED) is 0.608. The van der Waals surface area contributed by atoms with Gasteiger partial charge in [0.2, 0.25) is 11.7 Å². The van der Waals surface area contributed by atoms with Gasteiger partial charge >= 0.3 is 5.97 Å². The minimum atomic E-state index is -1.25. The molecule has 0 atom stereocenters. The topological polar surface area (TPSA) is 81.4 Å². The van der Waals surface area contributed by atoms with Crippen molar-refractivity contribution in [3.8, 4) is 11.6 Å². The van der Waals surface area contributed by atoms with Crippen molar-refractivity contribution in [2.24, 2.45) is 0 Å². The van der Waals surface area contributed by atoms with Gasteiger partial charge in [-0.3, -0.25) is 4.79 Å². The van der Waals surface area contributed by atoms with Gasteiger partial charge < -0.3 is 9.84 Å². The number of aromatic carboxylic acids is 1. The molecule has 1 aliphatic rings. The number of fused-ring (bicyclic) bond motifs is 1. The molecule has 0 aliphatic carbocycles. The number of hydrogen-bond acceptors (Lipinski definition) is 4. The summed E-state index contributed by atoms with van der Waals surface area (Å²) in [4.78, 5) is 24.2.